The molecule has 0 amide bonds. The van der Waals surface area contributed by atoms with Crippen molar-refractivity contribution in [2.75, 3.05) is 0 Å². The van der Waals surface area contributed by atoms with Crippen LogP contribution in [0, 0.1) is 0 Å². The summed E-state index contributed by atoms with van der Waals surface area (Å²) in [5, 5.41) is 16.0. The Kier molecular flexibility index (Phi) is 11.1. The molecule has 2 atom stereocenters. The van der Waals surface area contributed by atoms with Crippen molar-refractivity contribution in [1.29, 1.82) is 0 Å². The number of hydrogen-bond donors (Lipinski definition) is 4. The first-order valence-corrected chi connectivity index (χ1v) is 5.82. The minimum absolute atomic E-state index is 0. The summed E-state index contributed by atoms with van der Waals surface area (Å²) in [4.78, 5) is 19.6. The molecular weight excluding hydrogens is 264 g/mol. The topological polar surface area (TPSA) is 158 Å². The molecule has 0 aliphatic carbocycles. The summed E-state index contributed by atoms with van der Waals surface area (Å²) >= 11 is 0. The van der Waals surface area contributed by atoms with E-state index in [1.54, 1.807) is 0 Å². The number of hydrogen-bond acceptors (Lipinski definition) is 4. The van der Waals surface area contributed by atoms with E-state index in [-0.39, 0.29) is 11.5 Å². The molecule has 1 aromatic rings. The molecule has 1 aromatic carbocycles. The zero-order valence-electron chi connectivity index (χ0n) is 11.3. The van der Waals surface area contributed by atoms with Gasteiger partial charge in [0.05, 0.1) is 6.42 Å². The molecule has 1 unspecified atom stereocenters. The Morgan fingerprint density at radius 1 is 1.15 bits per heavy atom. The third-order valence-electron chi connectivity index (χ3n) is 2.11. The minimum Gasteiger partial charge on any atom is -0.481 e. The molecule has 0 saturated heterocycles. The molecule has 0 fully saturated rings. The lowest BCUT2D eigenvalue weighted by Gasteiger charge is -2.02. The van der Waals surface area contributed by atoms with Crippen LogP contribution in [0.4, 0.5) is 0 Å². The van der Waals surface area contributed by atoms with Crippen molar-refractivity contribution in [1.82, 2.24) is 0 Å². The molecule has 0 radical (unpaired) electrons. The van der Waals surface area contributed by atoms with Crippen molar-refractivity contribution in [2.45, 2.75) is 31.8 Å². The Balaban J connectivity index is 0. The Bertz CT molecular complexity index is 395. The van der Waals surface area contributed by atoms with Crippen LogP contribution in [0.15, 0.2) is 30.3 Å². The normalized spacial score (nSPS) is 12.2. The van der Waals surface area contributed by atoms with E-state index in [2.05, 4.69) is 12.1 Å². The van der Waals surface area contributed by atoms with Gasteiger partial charge >= 0.3 is 11.9 Å². The number of carboxylic acids is 2. The van der Waals surface area contributed by atoms with E-state index < -0.39 is 24.4 Å². The van der Waals surface area contributed by atoms with Crippen LogP contribution in [0.1, 0.15) is 18.9 Å². The van der Waals surface area contributed by atoms with Gasteiger partial charge < -0.3 is 27.2 Å². The van der Waals surface area contributed by atoms with Crippen molar-refractivity contribution in [3.05, 3.63) is 35.9 Å². The summed E-state index contributed by atoms with van der Waals surface area (Å²) in [6.07, 6.45) is 0.441. The van der Waals surface area contributed by atoms with E-state index in [0.29, 0.717) is 0 Å². The maximum absolute atomic E-state index is 9.85. The monoisotopic (exact) mass is 286 g/mol. The lowest BCUT2D eigenvalue weighted by atomic mass is 10.1. The van der Waals surface area contributed by atoms with Crippen LogP contribution in [0.3, 0.4) is 0 Å². The summed E-state index contributed by atoms with van der Waals surface area (Å²) in [5.41, 5.74) is 11.8. The second kappa shape index (κ2) is 10.9. The number of nitrogens with two attached hydrogens (primary N) is 2. The van der Waals surface area contributed by atoms with E-state index >= 15 is 0 Å². The van der Waals surface area contributed by atoms with Gasteiger partial charge in [0.1, 0.15) is 6.04 Å². The predicted molar refractivity (Wildman–Crippen MR) is 75.3 cm³/mol. The Hall–Kier alpha value is -1.96. The average molecular weight is 286 g/mol. The zero-order chi connectivity index (χ0) is 14.8. The average Bonchev–Trinajstić information content (AvgIpc) is 2.29. The lowest BCUT2D eigenvalue weighted by Crippen LogP contribution is -2.32. The second-order valence-corrected chi connectivity index (χ2v) is 4.21. The molecule has 1 rings (SSSR count). The van der Waals surface area contributed by atoms with Gasteiger partial charge in [-0.3, -0.25) is 9.59 Å². The molecule has 8 N–H and O–H groups in total. The number of aliphatic carboxylic acids is 2. The smallest absolute Gasteiger partial charge is 0.321 e. The van der Waals surface area contributed by atoms with E-state index in [4.69, 9.17) is 21.7 Å². The van der Waals surface area contributed by atoms with Gasteiger partial charge in [0, 0.05) is 6.04 Å². The van der Waals surface area contributed by atoms with Crippen LogP contribution in [0.25, 0.3) is 0 Å². The van der Waals surface area contributed by atoms with Crippen LogP contribution >= 0.6 is 0 Å². The number of rotatable bonds is 5. The third kappa shape index (κ3) is 11.1. The van der Waals surface area contributed by atoms with E-state index in [9.17, 15) is 9.59 Å². The van der Waals surface area contributed by atoms with Crippen LogP contribution in [-0.2, 0) is 16.0 Å². The van der Waals surface area contributed by atoms with E-state index in [1.807, 2.05) is 25.1 Å². The molecule has 0 aliphatic heterocycles. The molecule has 0 aromatic heterocycles. The van der Waals surface area contributed by atoms with Crippen molar-refractivity contribution in [3.63, 3.8) is 0 Å². The summed E-state index contributed by atoms with van der Waals surface area (Å²) in [5.74, 6) is -2.50. The Morgan fingerprint density at radius 2 is 1.65 bits per heavy atom. The highest BCUT2D eigenvalue weighted by atomic mass is 16.4. The maximum Gasteiger partial charge on any atom is 0.321 e. The van der Waals surface area contributed by atoms with Gasteiger partial charge in [-0.05, 0) is 18.9 Å². The fourth-order valence-corrected chi connectivity index (χ4v) is 1.26. The lowest BCUT2D eigenvalue weighted by molar-refractivity contribution is -0.144. The molecule has 0 bridgehead atoms. The largest absolute Gasteiger partial charge is 0.481 e. The minimum atomic E-state index is -1.29. The molecule has 0 saturated carbocycles. The van der Waals surface area contributed by atoms with Gasteiger partial charge in [-0.2, -0.15) is 0 Å². The number of carboxylic acid groups (broad SMARTS) is 2. The summed E-state index contributed by atoms with van der Waals surface area (Å²) in [7, 11) is 0. The first-order chi connectivity index (χ1) is 8.82. The molecular formula is C13H22N2O5. The highest BCUT2D eigenvalue weighted by Crippen LogP contribution is 2.00. The molecule has 0 spiro atoms. The quantitative estimate of drug-likeness (QED) is 0.577. The van der Waals surface area contributed by atoms with Crippen molar-refractivity contribution in [2.24, 2.45) is 11.5 Å². The van der Waals surface area contributed by atoms with Gasteiger partial charge in [-0.25, -0.2) is 0 Å². The molecule has 7 nitrogen and oxygen atoms in total. The predicted octanol–water partition coefficient (Wildman–Crippen LogP) is -0.375. The molecule has 114 valence electrons. The summed E-state index contributed by atoms with van der Waals surface area (Å²) in [6.45, 7) is 2.02. The van der Waals surface area contributed by atoms with Crippen LogP contribution in [0.5, 0.6) is 0 Å². The van der Waals surface area contributed by atoms with Crippen molar-refractivity contribution >= 4 is 11.9 Å². The molecule has 20 heavy (non-hydrogen) atoms. The standard InChI is InChI=1S/C9H13N.C4H7NO4.H2O/c1-8(10)7-9-5-3-2-4-6-9;5-2(4(8)9)1-3(6)7;/h2-6,8H,7,10H2,1H3;2H,1,5H2,(H,6,7)(H,8,9);1H2/t8-;;/m0../s1. The van der Waals surface area contributed by atoms with Crippen LogP contribution < -0.4 is 11.5 Å². The molecule has 0 aliphatic rings. The fourth-order valence-electron chi connectivity index (χ4n) is 1.26. The molecule has 0 heterocycles. The molecule has 7 heteroatoms. The number of benzene rings is 1. The third-order valence-corrected chi connectivity index (χ3v) is 2.11. The van der Waals surface area contributed by atoms with E-state index in [1.165, 1.54) is 5.56 Å². The van der Waals surface area contributed by atoms with Crippen LogP contribution in [0.2, 0.25) is 0 Å². The van der Waals surface area contributed by atoms with Gasteiger partial charge in [0.2, 0.25) is 0 Å². The first kappa shape index (κ1) is 20.4. The second-order valence-electron chi connectivity index (χ2n) is 4.21. The number of carbonyl (C=O) groups is 2. The maximum atomic E-state index is 9.85. The van der Waals surface area contributed by atoms with Crippen molar-refractivity contribution < 1.29 is 25.3 Å². The summed E-state index contributed by atoms with van der Waals surface area (Å²) in [6, 6.07) is 9.28. The van der Waals surface area contributed by atoms with Crippen molar-refractivity contribution in [3.8, 4) is 0 Å². The fraction of sp³-hybridized carbons (Fsp3) is 0.385. The van der Waals surface area contributed by atoms with Gasteiger partial charge in [-0.1, -0.05) is 30.3 Å². The van der Waals surface area contributed by atoms with Gasteiger partial charge in [0.15, 0.2) is 0 Å². The highest BCUT2D eigenvalue weighted by molar-refractivity contribution is 5.80. The van der Waals surface area contributed by atoms with Gasteiger partial charge in [-0.15, -0.1) is 0 Å². The van der Waals surface area contributed by atoms with E-state index in [0.717, 1.165) is 6.42 Å². The van der Waals surface area contributed by atoms with Gasteiger partial charge in [0.25, 0.3) is 0 Å². The first-order valence-electron chi connectivity index (χ1n) is 5.82. The SMILES string of the molecule is C[C@H](N)Cc1ccccc1.NC(CC(=O)O)C(=O)O.O. The zero-order valence-corrected chi connectivity index (χ0v) is 11.3. The summed E-state index contributed by atoms with van der Waals surface area (Å²) < 4.78 is 0. The Labute approximate surface area is 117 Å². The Morgan fingerprint density at radius 3 is 1.95 bits per heavy atom. The highest BCUT2D eigenvalue weighted by Gasteiger charge is 2.14. The van der Waals surface area contributed by atoms with Crippen LogP contribution in [-0.4, -0.2) is 39.7 Å².